The zero-order valence-electron chi connectivity index (χ0n) is 19.6. The van der Waals surface area contributed by atoms with E-state index in [0.29, 0.717) is 11.1 Å². The fourth-order valence-corrected chi connectivity index (χ4v) is 4.09. The molecule has 0 radical (unpaired) electrons. The van der Waals surface area contributed by atoms with E-state index in [1.807, 2.05) is 55.5 Å². The van der Waals surface area contributed by atoms with E-state index in [2.05, 4.69) is 21.3 Å². The van der Waals surface area contributed by atoms with E-state index in [4.69, 9.17) is 5.26 Å². The molecule has 3 aromatic heterocycles. The zero-order valence-corrected chi connectivity index (χ0v) is 19.6. The molecule has 10 heteroatoms. The first kappa shape index (κ1) is 23.9. The van der Waals surface area contributed by atoms with Gasteiger partial charge in [-0.15, -0.1) is 5.10 Å². The van der Waals surface area contributed by atoms with Gasteiger partial charge in [-0.2, -0.15) is 28.0 Å². The Hall–Kier alpha value is -4.78. The smallest absolute Gasteiger partial charge is 0.251 e. The van der Waals surface area contributed by atoms with Gasteiger partial charge in [0.1, 0.15) is 5.69 Å². The highest BCUT2D eigenvalue weighted by Crippen LogP contribution is 2.34. The van der Waals surface area contributed by atoms with Gasteiger partial charge in [0.2, 0.25) is 0 Å². The van der Waals surface area contributed by atoms with Gasteiger partial charge in [0, 0.05) is 17.3 Å². The van der Waals surface area contributed by atoms with Crippen LogP contribution in [0.3, 0.4) is 0 Å². The average Bonchev–Trinajstić information content (AvgIpc) is 3.19. The molecule has 5 rings (SSSR count). The molecule has 37 heavy (non-hydrogen) atoms. The van der Waals surface area contributed by atoms with Crippen LogP contribution in [0, 0.1) is 18.3 Å². The lowest BCUT2D eigenvalue weighted by atomic mass is 9.95. The van der Waals surface area contributed by atoms with Crippen molar-refractivity contribution in [1.82, 2.24) is 24.4 Å². The Morgan fingerprint density at radius 3 is 2.43 bits per heavy atom. The van der Waals surface area contributed by atoms with Crippen LogP contribution < -0.4 is 5.69 Å². The van der Waals surface area contributed by atoms with Crippen LogP contribution in [0.1, 0.15) is 22.4 Å². The molecule has 0 atom stereocenters. The first-order valence-corrected chi connectivity index (χ1v) is 11.3. The van der Waals surface area contributed by atoms with Crippen LogP contribution in [0.5, 0.6) is 0 Å². The molecule has 0 unspecified atom stereocenters. The summed E-state index contributed by atoms with van der Waals surface area (Å²) < 4.78 is 40.9. The largest absolute Gasteiger partial charge is 0.433 e. The Labute approximate surface area is 209 Å². The number of rotatable bonds is 5. The van der Waals surface area contributed by atoms with E-state index in [-0.39, 0.29) is 18.6 Å². The molecule has 5 aromatic rings. The summed E-state index contributed by atoms with van der Waals surface area (Å²) in [5.41, 5.74) is 4.03. The van der Waals surface area contributed by atoms with E-state index >= 15 is 0 Å². The molecule has 0 N–H and O–H groups in total. The lowest BCUT2D eigenvalue weighted by molar-refractivity contribution is -0.141. The van der Waals surface area contributed by atoms with Crippen LogP contribution in [0.25, 0.3) is 27.9 Å². The van der Waals surface area contributed by atoms with Gasteiger partial charge in [-0.1, -0.05) is 54.1 Å². The zero-order chi connectivity index (χ0) is 26.2. The number of hydrogen-bond donors (Lipinski definition) is 0. The maximum absolute atomic E-state index is 13.2. The number of nitrogens with zero attached hydrogens (tertiary/aromatic N) is 6. The van der Waals surface area contributed by atoms with Crippen molar-refractivity contribution in [2.75, 3.05) is 0 Å². The summed E-state index contributed by atoms with van der Waals surface area (Å²) in [6.45, 7) is 1.90. The molecule has 184 valence electrons. The number of pyridine rings is 1. The highest BCUT2D eigenvalue weighted by molar-refractivity contribution is 5.91. The van der Waals surface area contributed by atoms with Crippen molar-refractivity contribution < 1.29 is 13.2 Å². The van der Waals surface area contributed by atoms with E-state index in [1.165, 1.54) is 10.6 Å². The van der Waals surface area contributed by atoms with Crippen LogP contribution in [-0.4, -0.2) is 24.4 Å². The topological polar surface area (TPSA) is 88.9 Å². The second kappa shape index (κ2) is 9.35. The number of aryl methyl sites for hydroxylation is 1. The van der Waals surface area contributed by atoms with Crippen LogP contribution in [0.4, 0.5) is 13.2 Å². The summed E-state index contributed by atoms with van der Waals surface area (Å²) in [6, 6.07) is 19.6. The molecule has 0 saturated heterocycles. The molecule has 2 aromatic carbocycles. The average molecular weight is 500 g/mol. The predicted molar refractivity (Wildman–Crippen MR) is 131 cm³/mol. The highest BCUT2D eigenvalue weighted by Gasteiger charge is 2.32. The van der Waals surface area contributed by atoms with Gasteiger partial charge < -0.3 is 0 Å². The lowest BCUT2D eigenvalue weighted by Crippen LogP contribution is -2.23. The molecule has 0 saturated carbocycles. The Kier molecular flexibility index (Phi) is 6.05. The molecule has 3 heterocycles. The van der Waals surface area contributed by atoms with Crippen LogP contribution in [0.15, 0.2) is 77.9 Å². The molecule has 0 fully saturated rings. The minimum Gasteiger partial charge on any atom is -0.251 e. The number of nitriles is 1. The molecule has 0 spiro atoms. The third-order valence-electron chi connectivity index (χ3n) is 5.92. The first-order valence-electron chi connectivity index (χ1n) is 11.3. The fourth-order valence-electron chi connectivity index (χ4n) is 4.09. The predicted octanol–water partition coefficient (Wildman–Crippen LogP) is 5.06. The van der Waals surface area contributed by atoms with Crippen molar-refractivity contribution in [3.05, 3.63) is 106 Å². The minimum absolute atomic E-state index is 0.0822. The molecular weight excluding hydrogens is 481 g/mol. The Balaban J connectivity index is 1.67. The number of hydrogen-bond acceptors (Lipinski definition) is 5. The van der Waals surface area contributed by atoms with Crippen molar-refractivity contribution in [3.63, 3.8) is 0 Å². The Morgan fingerprint density at radius 1 is 0.973 bits per heavy atom. The monoisotopic (exact) mass is 500 g/mol. The third kappa shape index (κ3) is 4.71. The molecule has 0 aliphatic rings. The lowest BCUT2D eigenvalue weighted by Gasteiger charge is -2.11. The van der Waals surface area contributed by atoms with Gasteiger partial charge >= 0.3 is 11.9 Å². The number of halogens is 3. The number of fused-ring (bicyclic) bond motifs is 1. The summed E-state index contributed by atoms with van der Waals surface area (Å²) in [5.74, 6) is 0. The quantitative estimate of drug-likeness (QED) is 0.337. The number of benzene rings is 2. The van der Waals surface area contributed by atoms with Crippen LogP contribution in [0.2, 0.25) is 0 Å². The summed E-state index contributed by atoms with van der Waals surface area (Å²) in [7, 11) is 0. The second-order valence-corrected chi connectivity index (χ2v) is 8.56. The van der Waals surface area contributed by atoms with E-state index < -0.39 is 17.6 Å². The standard InChI is InChI=1S/C27H19F3N6O/c1-17-5-8-20(9-6-17)22-15-33-36-25(24(22)21-4-2-3-18(13-21)11-12-31)34-35(26(36)37)16-19-7-10-23(32-14-19)27(28,29)30/h2-10,13-15H,11,16H2,1H3. The van der Waals surface area contributed by atoms with Gasteiger partial charge in [-0.25, -0.2) is 9.48 Å². The summed E-state index contributed by atoms with van der Waals surface area (Å²) in [5, 5.41) is 18.0. The van der Waals surface area contributed by atoms with Gasteiger partial charge in [0.25, 0.3) is 0 Å². The van der Waals surface area contributed by atoms with Crippen molar-refractivity contribution in [1.29, 1.82) is 5.26 Å². The maximum Gasteiger partial charge on any atom is 0.433 e. The molecule has 0 bridgehead atoms. The number of aromatic nitrogens is 5. The van der Waals surface area contributed by atoms with E-state index in [0.717, 1.165) is 44.8 Å². The fraction of sp³-hybridized carbons (Fsp3) is 0.148. The van der Waals surface area contributed by atoms with Crippen molar-refractivity contribution in [3.8, 4) is 28.3 Å². The molecule has 0 aliphatic carbocycles. The number of alkyl halides is 3. The van der Waals surface area contributed by atoms with Gasteiger partial charge in [0.05, 0.1) is 25.2 Å². The van der Waals surface area contributed by atoms with Crippen molar-refractivity contribution >= 4 is 5.65 Å². The molecule has 0 aliphatic heterocycles. The third-order valence-corrected chi connectivity index (χ3v) is 5.92. The second-order valence-electron chi connectivity index (χ2n) is 8.56. The SMILES string of the molecule is Cc1ccc(-c2cnn3c(=O)n(Cc4ccc(C(F)(F)F)nc4)nc3c2-c2cccc(CC#N)c2)cc1. The van der Waals surface area contributed by atoms with Crippen molar-refractivity contribution in [2.24, 2.45) is 0 Å². The first-order chi connectivity index (χ1) is 17.7. The van der Waals surface area contributed by atoms with Gasteiger partial charge in [0.15, 0.2) is 5.65 Å². The maximum atomic E-state index is 13.2. The minimum atomic E-state index is -4.55. The molecular formula is C27H19F3N6O. The normalized spacial score (nSPS) is 11.5. The summed E-state index contributed by atoms with van der Waals surface area (Å²) in [6.07, 6.45) is -1.66. The van der Waals surface area contributed by atoms with E-state index in [1.54, 1.807) is 6.20 Å². The summed E-state index contributed by atoms with van der Waals surface area (Å²) >= 11 is 0. The Morgan fingerprint density at radius 2 is 1.76 bits per heavy atom. The highest BCUT2D eigenvalue weighted by atomic mass is 19.4. The summed E-state index contributed by atoms with van der Waals surface area (Å²) in [4.78, 5) is 16.6. The van der Waals surface area contributed by atoms with Gasteiger partial charge in [-0.05, 0) is 41.3 Å². The molecule has 0 amide bonds. The van der Waals surface area contributed by atoms with E-state index in [9.17, 15) is 18.0 Å². The van der Waals surface area contributed by atoms with Crippen LogP contribution in [-0.2, 0) is 19.1 Å². The van der Waals surface area contributed by atoms with Crippen LogP contribution >= 0.6 is 0 Å². The Bertz CT molecular complexity index is 1690. The van der Waals surface area contributed by atoms with Crippen molar-refractivity contribution in [2.45, 2.75) is 26.1 Å². The van der Waals surface area contributed by atoms with Gasteiger partial charge in [-0.3, -0.25) is 4.98 Å². The molecule has 7 nitrogen and oxygen atoms in total.